The van der Waals surface area contributed by atoms with Gasteiger partial charge in [-0.2, -0.15) is 0 Å². The zero-order chi connectivity index (χ0) is 22.1. The van der Waals surface area contributed by atoms with Crippen LogP contribution in [0.2, 0.25) is 0 Å². The van der Waals surface area contributed by atoms with Crippen LogP contribution in [0.25, 0.3) is 11.0 Å². The minimum absolute atomic E-state index is 0.0108. The monoisotopic (exact) mass is 435 g/mol. The predicted molar refractivity (Wildman–Crippen MR) is 118 cm³/mol. The number of benzene rings is 1. The van der Waals surface area contributed by atoms with Crippen molar-refractivity contribution in [1.29, 1.82) is 0 Å². The highest BCUT2D eigenvalue weighted by Crippen LogP contribution is 2.26. The molecule has 1 unspecified atom stereocenters. The summed E-state index contributed by atoms with van der Waals surface area (Å²) in [6.07, 6.45) is 3.36. The molecule has 1 heterocycles. The first-order valence-electron chi connectivity index (χ1n) is 10.6. The number of carbonyl (C=O) groups excluding carboxylic acids is 1. The number of imidazole rings is 1. The molecular weight excluding hydrogens is 402 g/mol. The van der Waals surface area contributed by atoms with Gasteiger partial charge < -0.3 is 9.88 Å². The number of rotatable bonds is 10. The minimum Gasteiger partial charge on any atom is -0.355 e. The number of hydrogen-bond acceptors (Lipinski definition) is 5. The third kappa shape index (κ3) is 4.84. The van der Waals surface area contributed by atoms with Gasteiger partial charge in [0.25, 0.3) is 0 Å². The topological polar surface area (TPSA) is 87.5 Å². The van der Waals surface area contributed by atoms with Crippen molar-refractivity contribution in [3.63, 3.8) is 0 Å². The molecule has 2 aromatic rings. The van der Waals surface area contributed by atoms with Gasteiger partial charge in [-0.3, -0.25) is 9.69 Å². The fourth-order valence-corrected chi connectivity index (χ4v) is 4.56. The molecule has 1 aliphatic rings. The van der Waals surface area contributed by atoms with Crippen LogP contribution in [0.1, 0.15) is 38.9 Å². The van der Waals surface area contributed by atoms with E-state index in [4.69, 9.17) is 0 Å². The number of aryl methyl sites for hydroxylation is 2. The Morgan fingerprint density at radius 2 is 2.00 bits per heavy atom. The van der Waals surface area contributed by atoms with Gasteiger partial charge in [0.15, 0.2) is 0 Å². The van der Waals surface area contributed by atoms with Crippen LogP contribution in [-0.2, 0) is 27.8 Å². The summed E-state index contributed by atoms with van der Waals surface area (Å²) in [6.45, 7) is 5.50. The van der Waals surface area contributed by atoms with Gasteiger partial charge in [0.1, 0.15) is 5.82 Å². The largest absolute Gasteiger partial charge is 0.355 e. The first-order chi connectivity index (χ1) is 14.1. The average Bonchev–Trinajstić information content (AvgIpc) is 3.50. The number of aromatic nitrogens is 2. The number of hydrogen-bond donors (Lipinski definition) is 1. The molecule has 166 valence electrons. The van der Waals surface area contributed by atoms with E-state index in [2.05, 4.69) is 29.2 Å². The summed E-state index contributed by atoms with van der Waals surface area (Å²) in [5.74, 6) is 0.807. The van der Waals surface area contributed by atoms with Crippen LogP contribution < -0.4 is 5.32 Å². The molecule has 0 bridgehead atoms. The molecule has 1 atom stereocenters. The molecule has 1 N–H and O–H groups in total. The van der Waals surface area contributed by atoms with Crippen molar-refractivity contribution in [2.45, 2.75) is 63.1 Å². The molecule has 0 saturated heterocycles. The summed E-state index contributed by atoms with van der Waals surface area (Å²) in [7, 11) is 1.62. The van der Waals surface area contributed by atoms with E-state index in [-0.39, 0.29) is 10.8 Å². The lowest BCUT2D eigenvalue weighted by Crippen LogP contribution is -2.41. The number of sulfonamides is 1. The molecule has 1 aromatic carbocycles. The highest BCUT2D eigenvalue weighted by molar-refractivity contribution is 7.89. The van der Waals surface area contributed by atoms with Crippen molar-refractivity contribution in [1.82, 2.24) is 24.1 Å². The Balaban J connectivity index is 1.67. The van der Waals surface area contributed by atoms with Gasteiger partial charge in [0, 0.05) is 52.1 Å². The van der Waals surface area contributed by atoms with Gasteiger partial charge in [-0.15, -0.1) is 0 Å². The minimum atomic E-state index is -3.51. The summed E-state index contributed by atoms with van der Waals surface area (Å²) in [5, 5.41) is 3.03. The van der Waals surface area contributed by atoms with Crippen LogP contribution in [0.4, 0.5) is 0 Å². The lowest BCUT2D eigenvalue weighted by Gasteiger charge is -2.24. The van der Waals surface area contributed by atoms with Crippen LogP contribution >= 0.6 is 0 Å². The summed E-state index contributed by atoms with van der Waals surface area (Å²) in [5.41, 5.74) is 1.51. The molecule has 8 nitrogen and oxygen atoms in total. The molecule has 1 aromatic heterocycles. The molecule has 3 rings (SSSR count). The fourth-order valence-electron chi connectivity index (χ4n) is 3.64. The SMILES string of the molecule is CCn1c(CCC(=O)NCC(C)N(C)C2CC2)nc2cc(S(=O)(=O)N(C)C)ccc21. The van der Waals surface area contributed by atoms with E-state index < -0.39 is 10.0 Å². The van der Waals surface area contributed by atoms with E-state index in [1.165, 1.54) is 31.2 Å². The molecular formula is C21H33N5O3S. The Hall–Kier alpha value is -1.97. The van der Waals surface area contributed by atoms with Gasteiger partial charge >= 0.3 is 0 Å². The average molecular weight is 436 g/mol. The second-order valence-corrected chi connectivity index (χ2v) is 10.4. The second kappa shape index (κ2) is 9.03. The third-order valence-electron chi connectivity index (χ3n) is 5.88. The van der Waals surface area contributed by atoms with Crippen molar-refractivity contribution in [3.8, 4) is 0 Å². The Bertz CT molecular complexity index is 1010. The van der Waals surface area contributed by atoms with Crippen LogP contribution in [0.15, 0.2) is 23.1 Å². The van der Waals surface area contributed by atoms with Crippen molar-refractivity contribution in [3.05, 3.63) is 24.0 Å². The van der Waals surface area contributed by atoms with Crippen molar-refractivity contribution >= 4 is 27.0 Å². The van der Waals surface area contributed by atoms with E-state index in [9.17, 15) is 13.2 Å². The first kappa shape index (κ1) is 22.7. The first-order valence-corrected chi connectivity index (χ1v) is 12.0. The second-order valence-electron chi connectivity index (χ2n) is 8.26. The number of carbonyl (C=O) groups is 1. The number of fused-ring (bicyclic) bond motifs is 1. The van der Waals surface area contributed by atoms with Crippen LogP contribution in [0.3, 0.4) is 0 Å². The van der Waals surface area contributed by atoms with E-state index in [0.29, 0.717) is 43.5 Å². The number of amides is 1. The van der Waals surface area contributed by atoms with Gasteiger partial charge in [0.2, 0.25) is 15.9 Å². The van der Waals surface area contributed by atoms with Gasteiger partial charge in [-0.25, -0.2) is 17.7 Å². The Labute approximate surface area is 179 Å². The lowest BCUT2D eigenvalue weighted by atomic mass is 10.2. The maximum atomic E-state index is 12.4. The van der Waals surface area contributed by atoms with E-state index in [0.717, 1.165) is 11.3 Å². The molecule has 0 aliphatic heterocycles. The Morgan fingerprint density at radius 3 is 2.60 bits per heavy atom. The molecule has 1 saturated carbocycles. The fraction of sp³-hybridized carbons (Fsp3) is 0.619. The summed E-state index contributed by atoms with van der Waals surface area (Å²) >= 11 is 0. The van der Waals surface area contributed by atoms with E-state index in [1.807, 2.05) is 11.5 Å². The summed E-state index contributed by atoms with van der Waals surface area (Å²) in [6, 6.07) is 6.00. The van der Waals surface area contributed by atoms with Crippen LogP contribution in [0.5, 0.6) is 0 Å². The zero-order valence-electron chi connectivity index (χ0n) is 18.6. The van der Waals surface area contributed by atoms with Gasteiger partial charge in [0.05, 0.1) is 15.9 Å². The quantitative estimate of drug-likeness (QED) is 0.615. The maximum absolute atomic E-state index is 12.4. The normalized spacial score (nSPS) is 15.8. The maximum Gasteiger partial charge on any atom is 0.242 e. The summed E-state index contributed by atoms with van der Waals surface area (Å²) in [4.78, 5) is 19.5. The number of nitrogens with zero attached hydrogens (tertiary/aromatic N) is 4. The molecule has 9 heteroatoms. The number of nitrogens with one attached hydrogen (secondary N) is 1. The molecule has 0 spiro atoms. The highest BCUT2D eigenvalue weighted by atomic mass is 32.2. The van der Waals surface area contributed by atoms with Crippen molar-refractivity contribution < 1.29 is 13.2 Å². The molecule has 1 fully saturated rings. The van der Waals surface area contributed by atoms with Crippen LogP contribution in [0, 0.1) is 0 Å². The lowest BCUT2D eigenvalue weighted by molar-refractivity contribution is -0.121. The van der Waals surface area contributed by atoms with Crippen molar-refractivity contribution in [2.24, 2.45) is 0 Å². The van der Waals surface area contributed by atoms with Gasteiger partial charge in [-0.1, -0.05) is 0 Å². The Morgan fingerprint density at radius 1 is 1.30 bits per heavy atom. The Kier molecular flexibility index (Phi) is 6.84. The predicted octanol–water partition coefficient (Wildman–Crippen LogP) is 1.84. The molecule has 30 heavy (non-hydrogen) atoms. The summed E-state index contributed by atoms with van der Waals surface area (Å²) < 4.78 is 28.0. The standard InChI is InChI=1S/C21H33N5O3S/c1-6-26-19-10-9-17(30(28,29)24(3)4)13-18(19)23-20(26)11-12-21(27)22-14-15(2)25(5)16-7-8-16/h9-10,13,15-16H,6-8,11-12,14H2,1-5H3,(H,22,27). The molecule has 1 aliphatic carbocycles. The highest BCUT2D eigenvalue weighted by Gasteiger charge is 2.29. The zero-order valence-corrected chi connectivity index (χ0v) is 19.4. The van der Waals surface area contributed by atoms with Gasteiger partial charge in [-0.05, 0) is 51.9 Å². The van der Waals surface area contributed by atoms with Crippen LogP contribution in [-0.4, -0.2) is 72.9 Å². The third-order valence-corrected chi connectivity index (χ3v) is 7.69. The van der Waals surface area contributed by atoms with E-state index >= 15 is 0 Å². The smallest absolute Gasteiger partial charge is 0.242 e. The molecule has 1 amide bonds. The van der Waals surface area contributed by atoms with E-state index in [1.54, 1.807) is 18.2 Å². The molecule has 0 radical (unpaired) electrons. The number of likely N-dealkylation sites (N-methyl/N-ethyl adjacent to an activating group) is 1. The van der Waals surface area contributed by atoms with Crippen molar-refractivity contribution in [2.75, 3.05) is 27.7 Å².